The first-order chi connectivity index (χ1) is 10.5. The summed E-state index contributed by atoms with van der Waals surface area (Å²) in [6, 6.07) is 6.71. The van der Waals surface area contributed by atoms with Gasteiger partial charge in [-0.15, -0.1) is 0 Å². The molecule has 0 aliphatic rings. The highest BCUT2D eigenvalue weighted by atomic mass is 35.5. The first-order valence-electron chi connectivity index (χ1n) is 6.91. The Morgan fingerprint density at radius 3 is 2.59 bits per heavy atom. The van der Waals surface area contributed by atoms with Crippen LogP contribution in [0.4, 0.5) is 11.4 Å². The molecule has 1 amide bonds. The van der Waals surface area contributed by atoms with Gasteiger partial charge >= 0.3 is 0 Å². The second-order valence-electron chi connectivity index (χ2n) is 5.32. The third-order valence-electron chi connectivity index (χ3n) is 2.89. The lowest BCUT2D eigenvalue weighted by Gasteiger charge is -2.10. The van der Waals surface area contributed by atoms with Crippen LogP contribution in [0, 0.1) is 5.92 Å². The van der Waals surface area contributed by atoms with Crippen LogP contribution in [0.15, 0.2) is 36.7 Å². The maximum absolute atomic E-state index is 12.2. The molecule has 0 unspecified atom stereocenters. The number of pyridine rings is 1. The van der Waals surface area contributed by atoms with Crippen molar-refractivity contribution in [1.29, 1.82) is 0 Å². The summed E-state index contributed by atoms with van der Waals surface area (Å²) in [6.45, 7) is 5.04. The van der Waals surface area contributed by atoms with Crippen LogP contribution in [0.3, 0.4) is 0 Å². The molecule has 22 heavy (non-hydrogen) atoms. The van der Waals surface area contributed by atoms with E-state index in [-0.39, 0.29) is 5.91 Å². The number of carbonyl (C=O) groups excluding carboxylic acids is 1. The molecule has 0 fully saturated rings. The average molecular weight is 338 g/mol. The maximum Gasteiger partial charge on any atom is 0.257 e. The number of aromatic nitrogens is 1. The van der Waals surface area contributed by atoms with E-state index < -0.39 is 0 Å². The summed E-state index contributed by atoms with van der Waals surface area (Å²) in [4.78, 5) is 16.3. The van der Waals surface area contributed by atoms with Gasteiger partial charge in [0.15, 0.2) is 0 Å². The molecule has 0 aliphatic carbocycles. The first-order valence-corrected chi connectivity index (χ1v) is 7.66. The van der Waals surface area contributed by atoms with Gasteiger partial charge in [-0.1, -0.05) is 37.0 Å². The number of anilines is 2. The lowest BCUT2D eigenvalue weighted by molar-refractivity contribution is 0.102. The molecular formula is C16H17Cl2N3O. The van der Waals surface area contributed by atoms with Crippen LogP contribution in [0.5, 0.6) is 0 Å². The molecule has 0 saturated heterocycles. The Bertz CT molecular complexity index is 674. The molecule has 4 nitrogen and oxygen atoms in total. The zero-order chi connectivity index (χ0) is 16.1. The van der Waals surface area contributed by atoms with E-state index in [1.165, 1.54) is 6.20 Å². The predicted octanol–water partition coefficient (Wildman–Crippen LogP) is 4.71. The van der Waals surface area contributed by atoms with Gasteiger partial charge in [-0.2, -0.15) is 0 Å². The number of benzene rings is 1. The molecule has 0 aliphatic heterocycles. The van der Waals surface area contributed by atoms with Gasteiger partial charge in [-0.25, -0.2) is 0 Å². The van der Waals surface area contributed by atoms with E-state index in [9.17, 15) is 4.79 Å². The summed E-state index contributed by atoms with van der Waals surface area (Å²) in [5, 5.41) is 6.85. The normalized spacial score (nSPS) is 10.6. The fourth-order valence-electron chi connectivity index (χ4n) is 1.76. The number of hydrogen-bond acceptors (Lipinski definition) is 3. The molecule has 2 N–H and O–H groups in total. The van der Waals surface area contributed by atoms with Gasteiger partial charge in [0.1, 0.15) is 0 Å². The highest BCUT2D eigenvalue weighted by Crippen LogP contribution is 2.25. The summed E-state index contributed by atoms with van der Waals surface area (Å²) >= 11 is 11.8. The fourth-order valence-corrected chi connectivity index (χ4v) is 2.06. The van der Waals surface area contributed by atoms with Crippen molar-refractivity contribution in [1.82, 2.24) is 4.98 Å². The molecule has 2 aromatic rings. The third kappa shape index (κ3) is 4.61. The first kappa shape index (κ1) is 16.6. The fraction of sp³-hybridized carbons (Fsp3) is 0.250. The summed E-state index contributed by atoms with van der Waals surface area (Å²) in [5.41, 5.74) is 1.87. The Morgan fingerprint density at radius 2 is 1.91 bits per heavy atom. The van der Waals surface area contributed by atoms with E-state index >= 15 is 0 Å². The van der Waals surface area contributed by atoms with Crippen molar-refractivity contribution in [2.75, 3.05) is 17.2 Å². The molecule has 0 bridgehead atoms. The van der Waals surface area contributed by atoms with E-state index in [1.54, 1.807) is 30.5 Å². The van der Waals surface area contributed by atoms with E-state index in [1.807, 2.05) is 0 Å². The van der Waals surface area contributed by atoms with Crippen LogP contribution in [0.25, 0.3) is 0 Å². The van der Waals surface area contributed by atoms with Crippen molar-refractivity contribution in [2.45, 2.75) is 13.8 Å². The van der Waals surface area contributed by atoms with Crippen molar-refractivity contribution in [3.8, 4) is 0 Å². The van der Waals surface area contributed by atoms with E-state index in [0.717, 1.165) is 12.2 Å². The number of carbonyl (C=O) groups is 1. The quantitative estimate of drug-likeness (QED) is 0.830. The van der Waals surface area contributed by atoms with Crippen molar-refractivity contribution < 1.29 is 4.79 Å². The van der Waals surface area contributed by atoms with Crippen LogP contribution in [0.2, 0.25) is 10.0 Å². The standard InChI is InChI=1S/C16H17Cl2N3O/c1-10(2)7-20-13-5-11(8-19-9-13)16(22)21-12-3-4-14(17)15(18)6-12/h3-6,8-10,20H,7H2,1-2H3,(H,21,22). The number of halogens is 2. The minimum atomic E-state index is -0.251. The molecular weight excluding hydrogens is 321 g/mol. The topological polar surface area (TPSA) is 54.0 Å². The van der Waals surface area contributed by atoms with Crippen molar-refractivity contribution >= 4 is 40.5 Å². The number of amides is 1. The monoisotopic (exact) mass is 337 g/mol. The summed E-state index contributed by atoms with van der Waals surface area (Å²) in [7, 11) is 0. The molecule has 6 heteroatoms. The molecule has 1 aromatic heterocycles. The molecule has 0 saturated carbocycles. The van der Waals surface area contributed by atoms with Gasteiger partial charge in [0.2, 0.25) is 0 Å². The zero-order valence-electron chi connectivity index (χ0n) is 12.4. The highest BCUT2D eigenvalue weighted by Gasteiger charge is 2.09. The lowest BCUT2D eigenvalue weighted by Crippen LogP contribution is -2.13. The van der Waals surface area contributed by atoms with Gasteiger partial charge in [-0.05, 0) is 30.2 Å². The second-order valence-corrected chi connectivity index (χ2v) is 6.13. The average Bonchev–Trinajstić information content (AvgIpc) is 2.49. The van der Waals surface area contributed by atoms with Crippen molar-refractivity contribution in [3.63, 3.8) is 0 Å². The predicted molar refractivity (Wildman–Crippen MR) is 92.0 cm³/mol. The summed E-state index contributed by atoms with van der Waals surface area (Å²) < 4.78 is 0. The van der Waals surface area contributed by atoms with Gasteiger partial charge in [0.05, 0.1) is 21.3 Å². The Labute approximate surface area is 139 Å². The Kier molecular flexibility index (Phi) is 5.63. The van der Waals surface area contributed by atoms with Crippen LogP contribution >= 0.6 is 23.2 Å². The Morgan fingerprint density at radius 1 is 1.14 bits per heavy atom. The maximum atomic E-state index is 12.2. The molecule has 2 rings (SSSR count). The van der Waals surface area contributed by atoms with Gasteiger partial charge in [0, 0.05) is 24.6 Å². The van der Waals surface area contributed by atoms with Crippen LogP contribution in [-0.4, -0.2) is 17.4 Å². The zero-order valence-corrected chi connectivity index (χ0v) is 13.9. The van der Waals surface area contributed by atoms with Crippen molar-refractivity contribution in [2.24, 2.45) is 5.92 Å². The summed E-state index contributed by atoms with van der Waals surface area (Å²) in [5.74, 6) is 0.257. The van der Waals surface area contributed by atoms with E-state index in [2.05, 4.69) is 29.5 Å². The van der Waals surface area contributed by atoms with Crippen LogP contribution in [-0.2, 0) is 0 Å². The van der Waals surface area contributed by atoms with Gasteiger partial charge in [-0.3, -0.25) is 9.78 Å². The Balaban J connectivity index is 2.08. The molecule has 0 atom stereocenters. The molecule has 1 aromatic carbocycles. The second kappa shape index (κ2) is 7.47. The smallest absolute Gasteiger partial charge is 0.257 e. The van der Waals surface area contributed by atoms with Gasteiger partial charge < -0.3 is 10.6 Å². The number of hydrogen-bond donors (Lipinski definition) is 2. The number of nitrogens with zero attached hydrogens (tertiary/aromatic N) is 1. The number of rotatable bonds is 5. The van der Waals surface area contributed by atoms with Gasteiger partial charge in [0.25, 0.3) is 5.91 Å². The third-order valence-corrected chi connectivity index (χ3v) is 3.63. The molecule has 1 heterocycles. The van der Waals surface area contributed by atoms with E-state index in [4.69, 9.17) is 23.2 Å². The largest absolute Gasteiger partial charge is 0.384 e. The number of nitrogens with one attached hydrogen (secondary N) is 2. The Hall–Kier alpha value is -1.78. The van der Waals surface area contributed by atoms with Crippen LogP contribution < -0.4 is 10.6 Å². The van der Waals surface area contributed by atoms with Crippen molar-refractivity contribution in [3.05, 3.63) is 52.3 Å². The highest BCUT2D eigenvalue weighted by molar-refractivity contribution is 6.42. The minimum absolute atomic E-state index is 0.251. The molecule has 0 spiro atoms. The summed E-state index contributed by atoms with van der Waals surface area (Å²) in [6.07, 6.45) is 3.21. The molecule has 116 valence electrons. The lowest BCUT2D eigenvalue weighted by atomic mass is 10.2. The molecule has 0 radical (unpaired) electrons. The minimum Gasteiger partial charge on any atom is -0.384 e. The van der Waals surface area contributed by atoms with E-state index in [0.29, 0.717) is 27.2 Å². The van der Waals surface area contributed by atoms with Crippen LogP contribution in [0.1, 0.15) is 24.2 Å². The SMILES string of the molecule is CC(C)CNc1cncc(C(=O)Nc2ccc(Cl)c(Cl)c2)c1.